The summed E-state index contributed by atoms with van der Waals surface area (Å²) in [5.74, 6) is 0.805. The van der Waals surface area contributed by atoms with E-state index in [1.54, 1.807) is 7.11 Å². The van der Waals surface area contributed by atoms with Crippen molar-refractivity contribution in [2.45, 2.75) is 45.1 Å². The van der Waals surface area contributed by atoms with Gasteiger partial charge in [0.15, 0.2) is 0 Å². The second kappa shape index (κ2) is 6.85. The Balaban J connectivity index is 2.23. The van der Waals surface area contributed by atoms with Crippen molar-refractivity contribution in [1.82, 2.24) is 0 Å². The van der Waals surface area contributed by atoms with Gasteiger partial charge in [0.05, 0.1) is 24.8 Å². The van der Waals surface area contributed by atoms with Crippen LogP contribution in [0.2, 0.25) is 5.02 Å². The summed E-state index contributed by atoms with van der Waals surface area (Å²) in [4.78, 5) is 0. The van der Waals surface area contributed by atoms with Crippen molar-refractivity contribution in [3.63, 3.8) is 0 Å². The number of methoxy groups -OCH3 is 1. The molecule has 1 aliphatic rings. The molecule has 3 nitrogen and oxygen atoms in total. The number of nitrogens with zero attached hydrogens (tertiary/aromatic N) is 1. The Bertz CT molecular complexity index is 510. The first-order valence-corrected chi connectivity index (χ1v) is 7.53. The van der Waals surface area contributed by atoms with E-state index in [1.165, 1.54) is 12.8 Å². The van der Waals surface area contributed by atoms with E-state index in [0.29, 0.717) is 5.02 Å². The van der Waals surface area contributed by atoms with Crippen LogP contribution in [-0.4, -0.2) is 13.2 Å². The van der Waals surface area contributed by atoms with Crippen LogP contribution in [-0.2, 0) is 0 Å². The average Bonchev–Trinajstić information content (AvgIpc) is 2.67. The molecule has 0 heterocycles. The maximum absolute atomic E-state index is 9.35. The lowest BCUT2D eigenvalue weighted by Gasteiger charge is -2.24. The van der Waals surface area contributed by atoms with Gasteiger partial charge in [-0.05, 0) is 31.4 Å². The highest BCUT2D eigenvalue weighted by Gasteiger charge is 2.24. The van der Waals surface area contributed by atoms with E-state index in [0.717, 1.165) is 36.3 Å². The molecule has 0 aromatic heterocycles. The molecule has 20 heavy (non-hydrogen) atoms. The molecule has 2 rings (SSSR count). The van der Waals surface area contributed by atoms with Crippen molar-refractivity contribution in [3.8, 4) is 11.8 Å². The number of hydrogen-bond acceptors (Lipinski definition) is 3. The maximum Gasteiger partial charge on any atom is 0.143 e. The summed E-state index contributed by atoms with van der Waals surface area (Å²) in [6.45, 7) is 1.97. The number of ether oxygens (including phenoxy) is 1. The third-order valence-corrected chi connectivity index (χ3v) is 4.41. The van der Waals surface area contributed by atoms with Crippen molar-refractivity contribution in [1.29, 1.82) is 5.26 Å². The molecule has 1 aromatic carbocycles. The van der Waals surface area contributed by atoms with Crippen LogP contribution in [0.4, 0.5) is 5.69 Å². The van der Waals surface area contributed by atoms with Gasteiger partial charge in [0, 0.05) is 17.1 Å². The van der Waals surface area contributed by atoms with Gasteiger partial charge in [-0.3, -0.25) is 0 Å². The molecule has 0 bridgehead atoms. The summed E-state index contributed by atoms with van der Waals surface area (Å²) in [6, 6.07) is 6.47. The zero-order valence-corrected chi connectivity index (χ0v) is 12.8. The van der Waals surface area contributed by atoms with Crippen LogP contribution in [0.25, 0.3) is 0 Å². The molecule has 1 aliphatic carbocycles. The smallest absolute Gasteiger partial charge is 0.143 e. The number of rotatable bonds is 3. The second-order valence-corrected chi connectivity index (χ2v) is 5.83. The van der Waals surface area contributed by atoms with Gasteiger partial charge in [0.1, 0.15) is 5.75 Å². The number of anilines is 1. The fraction of sp³-hybridized carbons (Fsp3) is 0.562. The molecule has 1 N–H and O–H groups in total. The van der Waals surface area contributed by atoms with Crippen LogP contribution in [0, 0.1) is 24.2 Å². The average molecular weight is 293 g/mol. The first kappa shape index (κ1) is 15.0. The van der Waals surface area contributed by atoms with E-state index < -0.39 is 0 Å². The third-order valence-electron chi connectivity index (χ3n) is 4.00. The monoisotopic (exact) mass is 292 g/mol. The summed E-state index contributed by atoms with van der Waals surface area (Å²) < 4.78 is 5.39. The molecule has 2 unspecified atom stereocenters. The number of nitriles is 1. The van der Waals surface area contributed by atoms with Crippen molar-refractivity contribution < 1.29 is 4.74 Å². The quantitative estimate of drug-likeness (QED) is 0.832. The van der Waals surface area contributed by atoms with E-state index in [9.17, 15) is 5.26 Å². The number of nitrogens with one attached hydrogen (secondary N) is 1. The fourth-order valence-corrected chi connectivity index (χ4v) is 2.93. The first-order chi connectivity index (χ1) is 9.65. The Hall–Kier alpha value is -1.40. The lowest BCUT2D eigenvalue weighted by Crippen LogP contribution is -2.27. The number of hydrogen-bond donors (Lipinski definition) is 1. The van der Waals surface area contributed by atoms with Crippen molar-refractivity contribution in [3.05, 3.63) is 22.7 Å². The Morgan fingerprint density at radius 2 is 2.05 bits per heavy atom. The van der Waals surface area contributed by atoms with E-state index >= 15 is 0 Å². The van der Waals surface area contributed by atoms with Gasteiger partial charge >= 0.3 is 0 Å². The molecule has 0 saturated heterocycles. The van der Waals surface area contributed by atoms with E-state index in [2.05, 4.69) is 11.4 Å². The van der Waals surface area contributed by atoms with E-state index in [1.807, 2.05) is 19.1 Å². The van der Waals surface area contributed by atoms with E-state index in [4.69, 9.17) is 16.3 Å². The molecule has 1 aromatic rings. The van der Waals surface area contributed by atoms with Crippen LogP contribution in [0.1, 0.15) is 37.7 Å². The Kier molecular flexibility index (Phi) is 5.14. The van der Waals surface area contributed by atoms with Crippen LogP contribution in [0.15, 0.2) is 12.1 Å². The van der Waals surface area contributed by atoms with Crippen LogP contribution in [0.3, 0.4) is 0 Å². The van der Waals surface area contributed by atoms with Crippen LogP contribution >= 0.6 is 11.6 Å². The highest BCUT2D eigenvalue weighted by Crippen LogP contribution is 2.34. The first-order valence-electron chi connectivity index (χ1n) is 7.16. The molecule has 0 radical (unpaired) electrons. The molecular formula is C16H21ClN2O. The molecular weight excluding hydrogens is 272 g/mol. The SMILES string of the molecule is COc1cc(Cl)c(C)cc1NC1CCCCCC1C#N. The fourth-order valence-electron chi connectivity index (χ4n) is 2.78. The van der Waals surface area contributed by atoms with Gasteiger partial charge in [-0.25, -0.2) is 0 Å². The van der Waals surface area contributed by atoms with Crippen molar-refractivity contribution >= 4 is 17.3 Å². The minimum atomic E-state index is 0.0678. The van der Waals surface area contributed by atoms with Gasteiger partial charge in [-0.1, -0.05) is 30.9 Å². The highest BCUT2D eigenvalue weighted by atomic mass is 35.5. The van der Waals surface area contributed by atoms with Crippen molar-refractivity contribution in [2.24, 2.45) is 5.92 Å². The van der Waals surface area contributed by atoms with Crippen LogP contribution < -0.4 is 10.1 Å². The zero-order chi connectivity index (χ0) is 14.5. The molecule has 0 aliphatic heterocycles. The predicted molar refractivity (Wildman–Crippen MR) is 82.3 cm³/mol. The number of halogens is 1. The minimum Gasteiger partial charge on any atom is -0.495 e. The molecule has 4 heteroatoms. The Labute approximate surface area is 125 Å². The van der Waals surface area contributed by atoms with Gasteiger partial charge in [0.25, 0.3) is 0 Å². The molecule has 0 spiro atoms. The molecule has 108 valence electrons. The van der Waals surface area contributed by atoms with Gasteiger partial charge < -0.3 is 10.1 Å². The molecule has 0 amide bonds. The molecule has 1 fully saturated rings. The largest absolute Gasteiger partial charge is 0.495 e. The minimum absolute atomic E-state index is 0.0678. The third kappa shape index (κ3) is 3.37. The Morgan fingerprint density at radius 3 is 2.75 bits per heavy atom. The highest BCUT2D eigenvalue weighted by molar-refractivity contribution is 6.31. The summed E-state index contributed by atoms with van der Waals surface area (Å²) in [7, 11) is 1.64. The molecule has 1 saturated carbocycles. The van der Waals surface area contributed by atoms with Gasteiger partial charge in [-0.15, -0.1) is 0 Å². The summed E-state index contributed by atoms with van der Waals surface area (Å²) in [5.41, 5.74) is 1.94. The zero-order valence-electron chi connectivity index (χ0n) is 12.1. The number of benzene rings is 1. The standard InChI is InChI=1S/C16H21ClN2O/c1-11-8-15(16(20-2)9-13(11)17)19-14-7-5-3-4-6-12(14)10-18/h8-9,12,14,19H,3-7H2,1-2H3. The number of aryl methyl sites for hydroxylation is 1. The summed E-state index contributed by atoms with van der Waals surface area (Å²) >= 11 is 6.13. The lowest BCUT2D eigenvalue weighted by molar-refractivity contribution is 0.414. The predicted octanol–water partition coefficient (Wildman–Crippen LogP) is 4.54. The lowest BCUT2D eigenvalue weighted by atomic mass is 9.96. The topological polar surface area (TPSA) is 45.0 Å². The van der Waals surface area contributed by atoms with E-state index in [-0.39, 0.29) is 12.0 Å². The Morgan fingerprint density at radius 1 is 1.30 bits per heavy atom. The van der Waals surface area contributed by atoms with Crippen LogP contribution in [0.5, 0.6) is 5.75 Å². The van der Waals surface area contributed by atoms with Gasteiger partial charge in [-0.2, -0.15) is 5.26 Å². The molecule has 2 atom stereocenters. The van der Waals surface area contributed by atoms with Crippen molar-refractivity contribution in [2.75, 3.05) is 12.4 Å². The van der Waals surface area contributed by atoms with Gasteiger partial charge in [0.2, 0.25) is 0 Å². The normalized spacial score (nSPS) is 22.7. The summed E-state index contributed by atoms with van der Waals surface area (Å²) in [5, 5.41) is 13.5. The second-order valence-electron chi connectivity index (χ2n) is 5.43. The maximum atomic E-state index is 9.35. The summed E-state index contributed by atoms with van der Waals surface area (Å²) in [6.07, 6.45) is 5.54.